The summed E-state index contributed by atoms with van der Waals surface area (Å²) in [5.41, 5.74) is 5.37. The molecule has 2 aromatic heterocycles. The quantitative estimate of drug-likeness (QED) is 0.153. The van der Waals surface area contributed by atoms with Gasteiger partial charge in [0.1, 0.15) is 19.1 Å². The molecule has 0 fully saturated rings. The van der Waals surface area contributed by atoms with Crippen molar-refractivity contribution in [3.05, 3.63) is 81.4 Å². The number of amides is 1. The molecule has 1 aliphatic rings. The molecule has 0 aliphatic carbocycles. The number of hydrogen-bond acceptors (Lipinski definition) is 8. The number of ether oxygens (including phenoxy) is 1. The van der Waals surface area contributed by atoms with Gasteiger partial charge in [-0.3, -0.25) is 19.5 Å². The highest BCUT2D eigenvalue weighted by atomic mass is 79.9. The van der Waals surface area contributed by atoms with Crippen LogP contribution in [0.25, 0.3) is 16.6 Å². The Bertz CT molecular complexity index is 1960. The van der Waals surface area contributed by atoms with Gasteiger partial charge in [0.2, 0.25) is 0 Å². The summed E-state index contributed by atoms with van der Waals surface area (Å²) in [6.45, 7) is 10.1. The predicted molar refractivity (Wildman–Crippen MR) is 188 cm³/mol. The fourth-order valence-corrected chi connectivity index (χ4v) is 6.52. The van der Waals surface area contributed by atoms with E-state index in [9.17, 15) is 22.8 Å². The molecule has 1 aliphatic heterocycles. The summed E-state index contributed by atoms with van der Waals surface area (Å²) >= 11 is 9.94. The number of carbonyl (C=O) groups is 2. The van der Waals surface area contributed by atoms with Gasteiger partial charge in [-0.25, -0.2) is 27.8 Å². The van der Waals surface area contributed by atoms with Crippen LogP contribution in [0.1, 0.15) is 83.8 Å². The molecule has 2 N–H and O–H groups in total. The molecule has 3 heterocycles. The van der Waals surface area contributed by atoms with E-state index in [2.05, 4.69) is 31.0 Å². The number of nitrogens with two attached hydrogens (primary N) is 1. The van der Waals surface area contributed by atoms with Crippen molar-refractivity contribution in [1.29, 1.82) is 0 Å². The SMILES string of the molecule is CC(F)C(C)(C)CC(=O)OC[C@H](c1ccc(Cl)c(-n2ncnc2C(F)F)c1)N1C(=O)[C@@](CC(C)(C)C)(c2ccc3ncc(Br)cc3c2)N=C1N. The van der Waals surface area contributed by atoms with Gasteiger partial charge in [-0.15, -0.1) is 0 Å². The maximum Gasteiger partial charge on any atom is 0.306 e. The Morgan fingerprint density at radius 1 is 1.08 bits per heavy atom. The number of aromatic nitrogens is 4. The number of hydrogen-bond donors (Lipinski definition) is 1. The average molecular weight is 777 g/mol. The van der Waals surface area contributed by atoms with Crippen molar-refractivity contribution in [3.63, 3.8) is 0 Å². The van der Waals surface area contributed by atoms with Gasteiger partial charge in [-0.2, -0.15) is 5.10 Å². The highest BCUT2D eigenvalue weighted by molar-refractivity contribution is 9.10. The maximum absolute atomic E-state index is 15.0. The molecular formula is C35H38BrClF3N7O3. The van der Waals surface area contributed by atoms with Crippen molar-refractivity contribution in [2.75, 3.05) is 6.61 Å². The molecular weight excluding hydrogens is 739 g/mol. The lowest BCUT2D eigenvalue weighted by Crippen LogP contribution is -2.47. The average Bonchev–Trinajstić information content (AvgIpc) is 3.60. The number of pyridine rings is 1. The summed E-state index contributed by atoms with van der Waals surface area (Å²) in [4.78, 5) is 42.3. The number of rotatable bonds is 11. The Hall–Kier alpha value is -4.04. The van der Waals surface area contributed by atoms with E-state index >= 15 is 0 Å². The molecule has 2 aromatic carbocycles. The number of guanidine groups is 1. The van der Waals surface area contributed by atoms with Crippen molar-refractivity contribution in [2.45, 2.75) is 78.6 Å². The normalized spacial score (nSPS) is 18.1. The van der Waals surface area contributed by atoms with Crippen LogP contribution in [0, 0.1) is 10.8 Å². The van der Waals surface area contributed by atoms with Crippen molar-refractivity contribution >= 4 is 56.3 Å². The smallest absolute Gasteiger partial charge is 0.306 e. The largest absolute Gasteiger partial charge is 0.463 e. The molecule has 10 nitrogen and oxygen atoms in total. The number of fused-ring (bicyclic) bond motifs is 1. The van der Waals surface area contributed by atoms with Crippen LogP contribution in [0.4, 0.5) is 13.2 Å². The fourth-order valence-electron chi connectivity index (χ4n) is 5.98. The molecule has 0 bridgehead atoms. The van der Waals surface area contributed by atoms with Crippen molar-refractivity contribution in [1.82, 2.24) is 24.6 Å². The third kappa shape index (κ3) is 7.51. The van der Waals surface area contributed by atoms with E-state index in [0.717, 1.165) is 20.9 Å². The van der Waals surface area contributed by atoms with Crippen LogP contribution < -0.4 is 5.73 Å². The number of halogens is 5. The van der Waals surface area contributed by atoms with Crippen molar-refractivity contribution in [2.24, 2.45) is 21.6 Å². The van der Waals surface area contributed by atoms with Crippen LogP contribution in [0.3, 0.4) is 0 Å². The fraction of sp³-hybridized carbons (Fsp3) is 0.429. The standard InChI is InChI=1S/C35H38BrClF3N7O3/c1-19(38)34(5,6)14-28(48)50-16-27(20-7-9-24(37)26(13-20)47-30(29(39)40)43-18-44-47)46-31(49)35(45-32(46)41,17-33(2,3)4)22-8-10-25-21(11-22)12-23(36)15-42-25/h7-13,15,18-19,27,29H,14,16-17H2,1-6H3,(H2,41,45)/t19?,27-,35-/m1/s1. The van der Waals surface area contributed by atoms with Crippen LogP contribution in [-0.4, -0.2) is 55.3 Å². The minimum absolute atomic E-state index is 0.0522. The van der Waals surface area contributed by atoms with E-state index in [1.165, 1.54) is 24.0 Å². The Kier molecular flexibility index (Phi) is 10.4. The summed E-state index contributed by atoms with van der Waals surface area (Å²) in [7, 11) is 0. The summed E-state index contributed by atoms with van der Waals surface area (Å²) in [5, 5.41) is 4.79. The summed E-state index contributed by atoms with van der Waals surface area (Å²) in [6, 6.07) is 10.7. The van der Waals surface area contributed by atoms with Gasteiger partial charge in [-0.05, 0) is 76.1 Å². The van der Waals surface area contributed by atoms with E-state index in [1.807, 2.05) is 32.9 Å². The first-order valence-electron chi connectivity index (χ1n) is 15.9. The van der Waals surface area contributed by atoms with Crippen molar-refractivity contribution < 1.29 is 27.5 Å². The van der Waals surface area contributed by atoms with E-state index in [4.69, 9.17) is 27.1 Å². The zero-order chi connectivity index (χ0) is 36.8. The Morgan fingerprint density at radius 2 is 1.80 bits per heavy atom. The summed E-state index contributed by atoms with van der Waals surface area (Å²) in [5.74, 6) is -1.98. The molecule has 15 heteroatoms. The molecule has 266 valence electrons. The number of aliphatic imine (C=N–C) groups is 1. The summed E-state index contributed by atoms with van der Waals surface area (Å²) in [6.07, 6.45) is -1.61. The minimum atomic E-state index is -2.96. The summed E-state index contributed by atoms with van der Waals surface area (Å²) < 4.78 is 49.3. The molecule has 1 amide bonds. The first-order chi connectivity index (χ1) is 23.3. The number of carbonyl (C=O) groups excluding carboxylic acids is 2. The molecule has 4 aromatic rings. The van der Waals surface area contributed by atoms with Gasteiger partial charge < -0.3 is 10.5 Å². The lowest BCUT2D eigenvalue weighted by molar-refractivity contribution is -0.150. The lowest BCUT2D eigenvalue weighted by Gasteiger charge is -2.35. The molecule has 0 spiro atoms. The molecule has 5 rings (SSSR count). The second-order valence-electron chi connectivity index (χ2n) is 14.3. The molecule has 3 atom stereocenters. The second-order valence-corrected chi connectivity index (χ2v) is 15.6. The van der Waals surface area contributed by atoms with E-state index < -0.39 is 59.3 Å². The molecule has 0 radical (unpaired) electrons. The number of alkyl halides is 3. The van der Waals surface area contributed by atoms with Crippen molar-refractivity contribution in [3.8, 4) is 5.69 Å². The van der Waals surface area contributed by atoms with Crippen LogP contribution in [0.5, 0.6) is 0 Å². The molecule has 50 heavy (non-hydrogen) atoms. The molecule has 0 saturated carbocycles. The van der Waals surface area contributed by atoms with Gasteiger partial charge in [0.25, 0.3) is 12.3 Å². The first kappa shape index (κ1) is 37.2. The van der Waals surface area contributed by atoms with Gasteiger partial charge in [0, 0.05) is 21.5 Å². The Labute approximate surface area is 301 Å². The number of benzene rings is 2. The highest BCUT2D eigenvalue weighted by Crippen LogP contribution is 2.46. The van der Waals surface area contributed by atoms with E-state index in [-0.39, 0.29) is 29.5 Å². The van der Waals surface area contributed by atoms with Gasteiger partial charge in [-0.1, -0.05) is 58.4 Å². The third-order valence-electron chi connectivity index (χ3n) is 8.78. The lowest BCUT2D eigenvalue weighted by atomic mass is 9.75. The van der Waals surface area contributed by atoms with Gasteiger partial charge in [0.05, 0.1) is 28.7 Å². The second kappa shape index (κ2) is 13.9. The monoisotopic (exact) mass is 775 g/mol. The zero-order valence-corrected chi connectivity index (χ0v) is 30.8. The minimum Gasteiger partial charge on any atom is -0.463 e. The Morgan fingerprint density at radius 3 is 2.46 bits per heavy atom. The van der Waals surface area contributed by atoms with E-state index in [0.29, 0.717) is 16.6 Å². The number of esters is 1. The zero-order valence-electron chi connectivity index (χ0n) is 28.4. The topological polar surface area (TPSA) is 129 Å². The van der Waals surface area contributed by atoms with E-state index in [1.54, 1.807) is 38.2 Å². The predicted octanol–water partition coefficient (Wildman–Crippen LogP) is 8.02. The van der Waals surface area contributed by atoms with Gasteiger partial charge >= 0.3 is 5.97 Å². The van der Waals surface area contributed by atoms with Gasteiger partial charge in [0.15, 0.2) is 17.3 Å². The van der Waals surface area contributed by atoms with Crippen LogP contribution >= 0.6 is 27.5 Å². The maximum atomic E-state index is 15.0. The van der Waals surface area contributed by atoms with Crippen LogP contribution in [0.15, 0.2) is 64.5 Å². The highest BCUT2D eigenvalue weighted by Gasteiger charge is 2.53. The molecule has 0 saturated heterocycles. The third-order valence-corrected chi connectivity index (χ3v) is 9.53. The number of nitrogens with zero attached hydrogens (tertiary/aromatic N) is 6. The van der Waals surface area contributed by atoms with Crippen LogP contribution in [-0.2, 0) is 19.9 Å². The Balaban J connectivity index is 1.63. The first-order valence-corrected chi connectivity index (χ1v) is 17.0. The van der Waals surface area contributed by atoms with Crippen LogP contribution in [0.2, 0.25) is 5.02 Å². The molecule has 1 unspecified atom stereocenters.